The van der Waals surface area contributed by atoms with Gasteiger partial charge in [-0.25, -0.2) is 4.39 Å². The number of aryl methyl sites for hydroxylation is 1. The van der Waals surface area contributed by atoms with E-state index in [1.165, 1.54) is 29.2 Å². The first-order valence-corrected chi connectivity index (χ1v) is 6.62. The number of halogens is 2. The van der Waals surface area contributed by atoms with E-state index < -0.39 is 0 Å². The highest BCUT2D eigenvalue weighted by Gasteiger charge is 2.15. The van der Waals surface area contributed by atoms with Crippen molar-refractivity contribution in [2.24, 2.45) is 0 Å². The molecule has 1 heterocycles. The average Bonchev–Trinajstić information content (AvgIpc) is 2.79. The minimum atomic E-state index is -0.367. The Morgan fingerprint density at radius 1 is 1.40 bits per heavy atom. The zero-order valence-electron chi connectivity index (χ0n) is 11.3. The smallest absolute Gasteiger partial charge is 0.253 e. The molecular formula is C14H15ClFN3O. The highest BCUT2D eigenvalue weighted by Crippen LogP contribution is 2.16. The van der Waals surface area contributed by atoms with Gasteiger partial charge in [0.05, 0.1) is 11.6 Å². The lowest BCUT2D eigenvalue weighted by atomic mass is 10.2. The van der Waals surface area contributed by atoms with Crippen LogP contribution >= 0.6 is 11.6 Å². The van der Waals surface area contributed by atoms with Crippen molar-refractivity contribution < 1.29 is 9.18 Å². The van der Waals surface area contributed by atoms with Crippen LogP contribution in [0, 0.1) is 5.82 Å². The van der Waals surface area contributed by atoms with Crippen molar-refractivity contribution in [2.75, 3.05) is 7.05 Å². The maximum absolute atomic E-state index is 12.8. The van der Waals surface area contributed by atoms with Gasteiger partial charge in [-0.1, -0.05) is 11.6 Å². The molecule has 0 fully saturated rings. The molecule has 1 aromatic carbocycles. The Hall–Kier alpha value is -1.88. The first-order valence-electron chi connectivity index (χ1n) is 6.24. The Labute approximate surface area is 121 Å². The number of aromatic nitrogens is 2. The Morgan fingerprint density at radius 2 is 2.05 bits per heavy atom. The summed E-state index contributed by atoms with van der Waals surface area (Å²) in [5.74, 6) is -0.568. The number of nitrogens with zero attached hydrogens (tertiary/aromatic N) is 3. The average molecular weight is 296 g/mol. The van der Waals surface area contributed by atoms with Gasteiger partial charge in [0.25, 0.3) is 5.91 Å². The van der Waals surface area contributed by atoms with Gasteiger partial charge in [-0.15, -0.1) is 0 Å². The van der Waals surface area contributed by atoms with Crippen molar-refractivity contribution in [2.45, 2.75) is 20.0 Å². The molecule has 0 unspecified atom stereocenters. The lowest BCUT2D eigenvalue weighted by molar-refractivity contribution is 0.0783. The number of amides is 1. The fraction of sp³-hybridized carbons (Fsp3) is 0.286. The first kappa shape index (κ1) is 14.5. The van der Waals surface area contributed by atoms with Crippen LogP contribution in [0.4, 0.5) is 4.39 Å². The fourth-order valence-corrected chi connectivity index (χ4v) is 2.03. The Bertz CT molecular complexity index is 609. The van der Waals surface area contributed by atoms with E-state index >= 15 is 0 Å². The van der Waals surface area contributed by atoms with Gasteiger partial charge in [-0.3, -0.25) is 9.48 Å². The third-order valence-electron chi connectivity index (χ3n) is 2.94. The molecular weight excluding hydrogens is 281 g/mol. The Balaban J connectivity index is 2.10. The Morgan fingerprint density at radius 3 is 2.60 bits per heavy atom. The monoisotopic (exact) mass is 295 g/mol. The molecule has 0 bridgehead atoms. The second-order valence-electron chi connectivity index (χ2n) is 4.45. The van der Waals surface area contributed by atoms with E-state index in [-0.39, 0.29) is 11.7 Å². The van der Waals surface area contributed by atoms with Gasteiger partial charge in [-0.05, 0) is 31.2 Å². The van der Waals surface area contributed by atoms with Crippen molar-refractivity contribution >= 4 is 17.5 Å². The van der Waals surface area contributed by atoms with Gasteiger partial charge in [0.15, 0.2) is 0 Å². The highest BCUT2D eigenvalue weighted by atomic mass is 35.5. The fourth-order valence-electron chi connectivity index (χ4n) is 1.82. The standard InChI is InChI=1S/C14H15ClFN3O/c1-3-19-8-12(15)13(17-19)9-18(2)14(20)10-4-6-11(16)7-5-10/h4-8H,3,9H2,1-2H3. The third kappa shape index (κ3) is 3.17. The third-order valence-corrected chi connectivity index (χ3v) is 3.25. The van der Waals surface area contributed by atoms with Crippen LogP contribution in [-0.2, 0) is 13.1 Å². The zero-order valence-corrected chi connectivity index (χ0v) is 12.1. The lowest BCUT2D eigenvalue weighted by Crippen LogP contribution is -2.26. The van der Waals surface area contributed by atoms with Crippen LogP contribution in [0.1, 0.15) is 23.0 Å². The van der Waals surface area contributed by atoms with Crippen molar-refractivity contribution in [3.63, 3.8) is 0 Å². The van der Waals surface area contributed by atoms with E-state index in [0.29, 0.717) is 22.8 Å². The van der Waals surface area contributed by atoms with Crippen LogP contribution in [0.15, 0.2) is 30.5 Å². The second kappa shape index (κ2) is 6.05. The van der Waals surface area contributed by atoms with Crippen molar-refractivity contribution in [1.29, 1.82) is 0 Å². The first-order chi connectivity index (χ1) is 9.51. The topological polar surface area (TPSA) is 38.1 Å². The van der Waals surface area contributed by atoms with Gasteiger partial charge in [0, 0.05) is 25.4 Å². The molecule has 1 aromatic heterocycles. The summed E-state index contributed by atoms with van der Waals surface area (Å²) in [6, 6.07) is 5.44. The van der Waals surface area contributed by atoms with E-state index in [0.717, 1.165) is 6.54 Å². The van der Waals surface area contributed by atoms with Gasteiger partial charge in [0.2, 0.25) is 0 Å². The predicted octanol–water partition coefficient (Wildman–Crippen LogP) is 2.97. The summed E-state index contributed by atoms with van der Waals surface area (Å²) in [6.07, 6.45) is 1.73. The van der Waals surface area contributed by atoms with E-state index in [4.69, 9.17) is 11.6 Å². The summed E-state index contributed by atoms with van der Waals surface area (Å²) in [5.41, 5.74) is 1.08. The van der Waals surface area contributed by atoms with Gasteiger partial charge < -0.3 is 4.90 Å². The van der Waals surface area contributed by atoms with E-state index in [2.05, 4.69) is 5.10 Å². The van der Waals surface area contributed by atoms with Crippen LogP contribution in [0.3, 0.4) is 0 Å². The lowest BCUT2D eigenvalue weighted by Gasteiger charge is -2.16. The SMILES string of the molecule is CCn1cc(Cl)c(CN(C)C(=O)c2ccc(F)cc2)n1. The minimum absolute atomic E-state index is 0.202. The molecule has 4 nitrogen and oxygen atoms in total. The number of carbonyl (C=O) groups is 1. The molecule has 0 aliphatic heterocycles. The van der Waals surface area contributed by atoms with Crippen molar-refractivity contribution in [3.8, 4) is 0 Å². The molecule has 6 heteroatoms. The zero-order chi connectivity index (χ0) is 14.7. The summed E-state index contributed by atoms with van der Waals surface area (Å²) < 4.78 is 14.6. The van der Waals surface area contributed by atoms with Gasteiger partial charge in [-0.2, -0.15) is 5.10 Å². The summed E-state index contributed by atoms with van der Waals surface area (Å²) in [7, 11) is 1.66. The number of hydrogen-bond acceptors (Lipinski definition) is 2. The van der Waals surface area contributed by atoms with Gasteiger partial charge in [0.1, 0.15) is 11.5 Å². The number of carbonyl (C=O) groups excluding carboxylic acids is 1. The van der Waals surface area contributed by atoms with Crippen LogP contribution in [0.25, 0.3) is 0 Å². The summed E-state index contributed by atoms with van der Waals surface area (Å²) in [5, 5.41) is 4.82. The molecule has 0 N–H and O–H groups in total. The maximum atomic E-state index is 12.8. The molecule has 1 amide bonds. The predicted molar refractivity (Wildman–Crippen MR) is 75.1 cm³/mol. The van der Waals surface area contributed by atoms with Crippen LogP contribution in [0.2, 0.25) is 5.02 Å². The molecule has 0 saturated heterocycles. The number of benzene rings is 1. The molecule has 0 atom stereocenters. The molecule has 0 spiro atoms. The normalized spacial score (nSPS) is 10.6. The van der Waals surface area contributed by atoms with Crippen LogP contribution < -0.4 is 0 Å². The van der Waals surface area contributed by atoms with Crippen LogP contribution in [-0.4, -0.2) is 27.6 Å². The molecule has 0 aliphatic rings. The summed E-state index contributed by atoms with van der Waals surface area (Å²) in [6.45, 7) is 2.98. The van der Waals surface area contributed by atoms with E-state index in [1.54, 1.807) is 17.9 Å². The quantitative estimate of drug-likeness (QED) is 0.870. The van der Waals surface area contributed by atoms with E-state index in [1.807, 2.05) is 6.92 Å². The van der Waals surface area contributed by atoms with Crippen molar-refractivity contribution in [1.82, 2.24) is 14.7 Å². The summed E-state index contributed by atoms with van der Waals surface area (Å²) >= 11 is 6.07. The summed E-state index contributed by atoms with van der Waals surface area (Å²) in [4.78, 5) is 13.7. The molecule has 2 rings (SSSR count). The van der Waals surface area contributed by atoms with Crippen molar-refractivity contribution in [3.05, 3.63) is 52.6 Å². The molecule has 2 aromatic rings. The molecule has 0 saturated carbocycles. The Kier molecular flexibility index (Phi) is 4.39. The minimum Gasteiger partial charge on any atom is -0.336 e. The molecule has 0 aliphatic carbocycles. The molecule has 0 radical (unpaired) electrons. The highest BCUT2D eigenvalue weighted by molar-refractivity contribution is 6.31. The molecule has 20 heavy (non-hydrogen) atoms. The van der Waals surface area contributed by atoms with E-state index in [9.17, 15) is 9.18 Å². The molecule has 106 valence electrons. The maximum Gasteiger partial charge on any atom is 0.253 e. The number of rotatable bonds is 4. The van der Waals surface area contributed by atoms with Crippen LogP contribution in [0.5, 0.6) is 0 Å². The number of hydrogen-bond donors (Lipinski definition) is 0. The van der Waals surface area contributed by atoms with Gasteiger partial charge >= 0.3 is 0 Å². The second-order valence-corrected chi connectivity index (χ2v) is 4.85. The largest absolute Gasteiger partial charge is 0.336 e.